The van der Waals surface area contributed by atoms with E-state index in [2.05, 4.69) is 27.7 Å². The average molecular weight is 349 g/mol. The summed E-state index contributed by atoms with van der Waals surface area (Å²) in [5.74, 6) is 0. The lowest BCUT2D eigenvalue weighted by Crippen LogP contribution is -2.53. The van der Waals surface area contributed by atoms with Gasteiger partial charge in [0.2, 0.25) is 0 Å². The fourth-order valence-corrected chi connectivity index (χ4v) is 4.69. The van der Waals surface area contributed by atoms with Crippen molar-refractivity contribution in [2.24, 2.45) is 0 Å². The van der Waals surface area contributed by atoms with Gasteiger partial charge in [0.1, 0.15) is 12.3 Å². The minimum absolute atomic E-state index is 0.135. The lowest BCUT2D eigenvalue weighted by Gasteiger charge is -2.32. The summed E-state index contributed by atoms with van der Waals surface area (Å²) in [6, 6.07) is 0. The molecule has 0 amide bonds. The Kier molecular flexibility index (Phi) is 11.3. The van der Waals surface area contributed by atoms with Crippen LogP contribution in [0.15, 0.2) is 0 Å². The average Bonchev–Trinajstić information content (AvgIpc) is 3.32. The summed E-state index contributed by atoms with van der Waals surface area (Å²) in [5.41, 5.74) is 0. The third-order valence-corrected chi connectivity index (χ3v) is 6.31. The van der Waals surface area contributed by atoms with E-state index in [-0.39, 0.29) is 12.2 Å². The smallest absolute Gasteiger partial charge is 0.374 e. The van der Waals surface area contributed by atoms with Gasteiger partial charge in [-0.2, -0.15) is 0 Å². The summed E-state index contributed by atoms with van der Waals surface area (Å²) < 4.78 is 29.7. The van der Waals surface area contributed by atoms with Gasteiger partial charge in [0.05, 0.1) is 13.2 Å². The molecule has 0 spiro atoms. The quantitative estimate of drug-likeness (QED) is 0.242. The molecule has 0 saturated carbocycles. The van der Waals surface area contributed by atoms with E-state index in [1.54, 1.807) is 0 Å². The van der Waals surface area contributed by atoms with Gasteiger partial charge in [-0.25, -0.2) is 0 Å². The zero-order valence-corrected chi connectivity index (χ0v) is 16.5. The molecule has 0 aromatic rings. The largest absolute Gasteiger partial charge is 0.528 e. The molecule has 0 aromatic heterocycles. The molecule has 2 atom stereocenters. The van der Waals surface area contributed by atoms with Gasteiger partial charge in [-0.15, -0.1) is 0 Å². The molecule has 1 fully saturated rings. The van der Waals surface area contributed by atoms with Crippen LogP contribution < -0.4 is 0 Å². The Morgan fingerprint density at radius 3 is 2.13 bits per heavy atom. The molecule has 1 aliphatic heterocycles. The van der Waals surface area contributed by atoms with Crippen LogP contribution in [0.2, 0.25) is 0 Å². The van der Waals surface area contributed by atoms with E-state index < -0.39 is 8.80 Å². The molecule has 1 rings (SSSR count). The second-order valence-corrected chi connectivity index (χ2v) is 8.74. The molecule has 138 valence electrons. The first kappa shape index (κ1) is 21.1. The molecule has 23 heavy (non-hydrogen) atoms. The Balaban J connectivity index is 2.60. The Hall–Kier alpha value is 0.0169. The molecular weight excluding hydrogens is 312 g/mol. The monoisotopic (exact) mass is 348 g/mol. The van der Waals surface area contributed by atoms with E-state index in [1.165, 1.54) is 0 Å². The van der Waals surface area contributed by atoms with Crippen molar-refractivity contribution in [1.29, 1.82) is 0 Å². The summed E-state index contributed by atoms with van der Waals surface area (Å²) in [7, 11) is -2.79. The maximum Gasteiger partial charge on any atom is 0.528 e. The predicted octanol–water partition coefficient (Wildman–Crippen LogP) is 3.72. The van der Waals surface area contributed by atoms with Crippen LogP contribution in [0.3, 0.4) is 0 Å². The minimum atomic E-state index is -2.79. The van der Waals surface area contributed by atoms with Gasteiger partial charge >= 0.3 is 8.80 Å². The number of rotatable bonds is 16. The highest BCUT2D eigenvalue weighted by Gasteiger charge is 2.44. The van der Waals surface area contributed by atoms with Crippen molar-refractivity contribution in [3.05, 3.63) is 0 Å². The standard InChI is InChI=1S/C17H36O5Si/c1-5-8-11-20-23(21-12-9-6-2,22-16(4)10-7-3)15-18-13-17-14-19-17/h16-17H,5-15H2,1-4H3. The number of hydrogen-bond acceptors (Lipinski definition) is 5. The van der Waals surface area contributed by atoms with Gasteiger partial charge in [0, 0.05) is 19.3 Å². The van der Waals surface area contributed by atoms with E-state index >= 15 is 0 Å². The normalized spacial score (nSPS) is 19.0. The van der Waals surface area contributed by atoms with Gasteiger partial charge in [-0.1, -0.05) is 40.0 Å². The maximum atomic E-state index is 6.30. The first-order chi connectivity index (χ1) is 11.2. The van der Waals surface area contributed by atoms with Crippen LogP contribution in [0, 0.1) is 0 Å². The summed E-state index contributed by atoms with van der Waals surface area (Å²) in [5, 5.41) is 0. The van der Waals surface area contributed by atoms with Gasteiger partial charge in [0.25, 0.3) is 0 Å². The van der Waals surface area contributed by atoms with Crippen LogP contribution in [-0.4, -0.2) is 53.7 Å². The molecule has 0 bridgehead atoms. The van der Waals surface area contributed by atoms with Crippen LogP contribution in [0.25, 0.3) is 0 Å². The fraction of sp³-hybridized carbons (Fsp3) is 1.00. The van der Waals surface area contributed by atoms with Crippen molar-refractivity contribution >= 4 is 8.80 Å². The lowest BCUT2D eigenvalue weighted by molar-refractivity contribution is -0.00293. The van der Waals surface area contributed by atoms with E-state index in [1.807, 2.05) is 0 Å². The predicted molar refractivity (Wildman–Crippen MR) is 93.5 cm³/mol. The Labute approximate surface area is 143 Å². The van der Waals surface area contributed by atoms with Crippen molar-refractivity contribution in [3.63, 3.8) is 0 Å². The first-order valence-electron chi connectivity index (χ1n) is 9.30. The molecule has 0 aromatic carbocycles. The SMILES string of the molecule is CCCCO[Si](COCC1CO1)(OCCCC)OC(C)CCC. The molecular formula is C17H36O5Si. The van der Waals surface area contributed by atoms with Crippen LogP contribution in [0.5, 0.6) is 0 Å². The van der Waals surface area contributed by atoms with Crippen molar-refractivity contribution in [3.8, 4) is 0 Å². The van der Waals surface area contributed by atoms with Crippen molar-refractivity contribution in [2.75, 3.05) is 32.7 Å². The van der Waals surface area contributed by atoms with Crippen molar-refractivity contribution in [2.45, 2.75) is 78.4 Å². The lowest BCUT2D eigenvalue weighted by atomic mass is 10.2. The van der Waals surface area contributed by atoms with E-state index in [0.717, 1.165) is 45.1 Å². The van der Waals surface area contributed by atoms with Crippen LogP contribution in [-0.2, 0) is 22.8 Å². The summed E-state index contributed by atoms with van der Waals surface area (Å²) in [6.07, 6.45) is 7.14. The van der Waals surface area contributed by atoms with Crippen LogP contribution in [0.4, 0.5) is 0 Å². The molecule has 1 saturated heterocycles. The highest BCUT2D eigenvalue weighted by atomic mass is 28.4. The van der Waals surface area contributed by atoms with Gasteiger partial charge in [-0.05, 0) is 26.2 Å². The summed E-state index contributed by atoms with van der Waals surface area (Å²) in [4.78, 5) is 0. The Morgan fingerprint density at radius 1 is 1.04 bits per heavy atom. The molecule has 0 aliphatic carbocycles. The molecule has 1 aliphatic rings. The zero-order chi connectivity index (χ0) is 17.0. The number of hydrogen-bond donors (Lipinski definition) is 0. The second kappa shape index (κ2) is 12.4. The van der Waals surface area contributed by atoms with Crippen molar-refractivity contribution in [1.82, 2.24) is 0 Å². The Bertz CT molecular complexity index is 276. The molecule has 1 heterocycles. The van der Waals surface area contributed by atoms with E-state index in [4.69, 9.17) is 22.8 Å². The van der Waals surface area contributed by atoms with Gasteiger partial charge < -0.3 is 22.8 Å². The summed E-state index contributed by atoms with van der Waals surface area (Å²) >= 11 is 0. The van der Waals surface area contributed by atoms with Crippen LogP contribution >= 0.6 is 0 Å². The fourth-order valence-electron chi connectivity index (χ4n) is 2.22. The molecule has 6 heteroatoms. The van der Waals surface area contributed by atoms with Gasteiger partial charge in [-0.3, -0.25) is 0 Å². The minimum Gasteiger partial charge on any atom is -0.374 e. The highest BCUT2D eigenvalue weighted by Crippen LogP contribution is 2.19. The maximum absolute atomic E-state index is 6.30. The first-order valence-corrected chi connectivity index (χ1v) is 11.2. The zero-order valence-electron chi connectivity index (χ0n) is 15.5. The topological polar surface area (TPSA) is 49.5 Å². The second-order valence-electron chi connectivity index (χ2n) is 6.27. The Morgan fingerprint density at radius 2 is 1.65 bits per heavy atom. The number of unbranched alkanes of at least 4 members (excludes halogenated alkanes) is 2. The molecule has 0 radical (unpaired) electrons. The number of epoxide rings is 1. The van der Waals surface area contributed by atoms with E-state index in [9.17, 15) is 0 Å². The molecule has 0 N–H and O–H groups in total. The molecule has 2 unspecified atom stereocenters. The van der Waals surface area contributed by atoms with E-state index in [0.29, 0.717) is 26.1 Å². The summed E-state index contributed by atoms with van der Waals surface area (Å²) in [6.45, 7) is 11.3. The number of ether oxygens (including phenoxy) is 2. The third kappa shape index (κ3) is 9.79. The molecule has 5 nitrogen and oxygen atoms in total. The van der Waals surface area contributed by atoms with Gasteiger partial charge in [0.15, 0.2) is 0 Å². The van der Waals surface area contributed by atoms with Crippen molar-refractivity contribution < 1.29 is 22.8 Å². The van der Waals surface area contributed by atoms with Crippen LogP contribution in [0.1, 0.15) is 66.2 Å². The highest BCUT2D eigenvalue weighted by molar-refractivity contribution is 6.60. The third-order valence-electron chi connectivity index (χ3n) is 3.70.